The van der Waals surface area contributed by atoms with Crippen molar-refractivity contribution in [2.75, 3.05) is 10.5 Å². The monoisotopic (exact) mass is 375 g/mol. The Morgan fingerprint density at radius 1 is 1.40 bits per heavy atom. The molecule has 2 rings (SSSR count). The van der Waals surface area contributed by atoms with Crippen molar-refractivity contribution in [3.8, 4) is 0 Å². The second-order valence-corrected chi connectivity index (χ2v) is 7.01. The summed E-state index contributed by atoms with van der Waals surface area (Å²) in [7, 11) is -3.75. The van der Waals surface area contributed by atoms with Crippen molar-refractivity contribution in [1.82, 2.24) is 4.98 Å². The highest BCUT2D eigenvalue weighted by Crippen LogP contribution is 2.29. The molecule has 106 valence electrons. The van der Waals surface area contributed by atoms with Gasteiger partial charge in [-0.1, -0.05) is 11.6 Å². The molecular weight excluding hydrogens is 366 g/mol. The van der Waals surface area contributed by atoms with E-state index in [-0.39, 0.29) is 10.6 Å². The number of nitrogen functional groups attached to an aromatic ring is 1. The molecule has 0 bridgehead atoms. The van der Waals surface area contributed by atoms with Crippen LogP contribution in [0.2, 0.25) is 5.02 Å². The van der Waals surface area contributed by atoms with Crippen molar-refractivity contribution >= 4 is 48.9 Å². The number of nitrogens with one attached hydrogen (secondary N) is 1. The summed E-state index contributed by atoms with van der Waals surface area (Å²) >= 11 is 9.10. The highest BCUT2D eigenvalue weighted by Gasteiger charge is 2.19. The molecule has 1 aromatic heterocycles. The summed E-state index contributed by atoms with van der Waals surface area (Å²) in [6.45, 7) is 1.65. The fourth-order valence-electron chi connectivity index (χ4n) is 1.62. The SMILES string of the molecule is Cc1cc(Cl)c(N)cc1S(=O)(=O)Nc1ccncc1Br. The second-order valence-electron chi connectivity index (χ2n) is 4.10. The molecule has 1 aromatic carbocycles. The van der Waals surface area contributed by atoms with E-state index in [4.69, 9.17) is 17.3 Å². The normalized spacial score (nSPS) is 11.3. The minimum atomic E-state index is -3.75. The molecular formula is C12H11BrClN3O2S. The standard InChI is InChI=1S/C12H11BrClN3O2S/c1-7-4-9(14)10(15)5-12(7)20(18,19)17-11-2-3-16-6-8(11)13/h2-6H,15H2,1H3,(H,16,17). The summed E-state index contributed by atoms with van der Waals surface area (Å²) in [5, 5.41) is 0.326. The molecule has 0 atom stereocenters. The number of aromatic nitrogens is 1. The van der Waals surface area contributed by atoms with Crippen LogP contribution in [-0.2, 0) is 10.0 Å². The molecule has 0 saturated carbocycles. The number of hydrogen-bond acceptors (Lipinski definition) is 4. The summed E-state index contributed by atoms with van der Waals surface area (Å²) in [5.41, 5.74) is 6.79. The van der Waals surface area contributed by atoms with E-state index in [1.54, 1.807) is 13.0 Å². The van der Waals surface area contributed by atoms with E-state index in [9.17, 15) is 8.42 Å². The maximum atomic E-state index is 12.4. The molecule has 0 fully saturated rings. The molecule has 0 aliphatic heterocycles. The van der Waals surface area contributed by atoms with E-state index in [1.807, 2.05) is 0 Å². The average molecular weight is 377 g/mol. The molecule has 1 heterocycles. The van der Waals surface area contributed by atoms with Gasteiger partial charge in [0, 0.05) is 12.4 Å². The molecule has 0 spiro atoms. The lowest BCUT2D eigenvalue weighted by molar-refractivity contribution is 0.600. The van der Waals surface area contributed by atoms with Gasteiger partial charge in [0.05, 0.1) is 25.8 Å². The number of anilines is 2. The van der Waals surface area contributed by atoms with Gasteiger partial charge in [-0.3, -0.25) is 9.71 Å². The largest absolute Gasteiger partial charge is 0.397 e. The zero-order chi connectivity index (χ0) is 14.9. The number of nitrogens with zero attached hydrogens (tertiary/aromatic N) is 1. The zero-order valence-electron chi connectivity index (χ0n) is 10.4. The summed E-state index contributed by atoms with van der Waals surface area (Å²) in [6, 6.07) is 4.42. The van der Waals surface area contributed by atoms with Gasteiger partial charge in [0.1, 0.15) is 0 Å². The van der Waals surface area contributed by atoms with Crippen LogP contribution in [0.1, 0.15) is 5.56 Å². The van der Waals surface area contributed by atoms with E-state index in [0.29, 0.717) is 20.7 Å². The Morgan fingerprint density at radius 2 is 2.10 bits per heavy atom. The summed E-state index contributed by atoms with van der Waals surface area (Å²) < 4.78 is 27.8. The minimum absolute atomic E-state index is 0.0862. The molecule has 0 radical (unpaired) electrons. The van der Waals surface area contributed by atoms with Crippen molar-refractivity contribution in [2.45, 2.75) is 11.8 Å². The first-order valence-electron chi connectivity index (χ1n) is 5.49. The van der Waals surface area contributed by atoms with Crippen LogP contribution < -0.4 is 10.5 Å². The van der Waals surface area contributed by atoms with Gasteiger partial charge in [0.2, 0.25) is 0 Å². The number of rotatable bonds is 3. The highest BCUT2D eigenvalue weighted by molar-refractivity contribution is 9.10. The van der Waals surface area contributed by atoms with Crippen LogP contribution in [0.4, 0.5) is 11.4 Å². The van der Waals surface area contributed by atoms with E-state index in [1.165, 1.54) is 24.5 Å². The van der Waals surface area contributed by atoms with E-state index < -0.39 is 10.0 Å². The van der Waals surface area contributed by atoms with Gasteiger partial charge in [-0.25, -0.2) is 8.42 Å². The van der Waals surface area contributed by atoms with Crippen LogP contribution in [-0.4, -0.2) is 13.4 Å². The lowest BCUT2D eigenvalue weighted by Crippen LogP contribution is -2.15. The topological polar surface area (TPSA) is 85.1 Å². The van der Waals surface area contributed by atoms with Gasteiger partial charge in [0.25, 0.3) is 10.0 Å². The third kappa shape index (κ3) is 3.05. The highest BCUT2D eigenvalue weighted by atomic mass is 79.9. The summed E-state index contributed by atoms with van der Waals surface area (Å²) in [6.07, 6.45) is 2.99. The maximum Gasteiger partial charge on any atom is 0.262 e. The Morgan fingerprint density at radius 3 is 2.75 bits per heavy atom. The van der Waals surface area contributed by atoms with Crippen LogP contribution >= 0.6 is 27.5 Å². The average Bonchev–Trinajstić information content (AvgIpc) is 2.36. The third-order valence-corrected chi connectivity index (χ3v) is 5.07. The number of nitrogens with two attached hydrogens (primary N) is 1. The molecule has 20 heavy (non-hydrogen) atoms. The first-order chi connectivity index (χ1) is 9.31. The van der Waals surface area contributed by atoms with Crippen molar-refractivity contribution < 1.29 is 8.42 Å². The fraction of sp³-hybridized carbons (Fsp3) is 0.0833. The Labute approximate surface area is 130 Å². The van der Waals surface area contributed by atoms with Crippen molar-refractivity contribution in [1.29, 1.82) is 0 Å². The van der Waals surface area contributed by atoms with Gasteiger partial charge in [-0.2, -0.15) is 0 Å². The number of pyridine rings is 1. The number of sulfonamides is 1. The Hall–Kier alpha value is -1.31. The summed E-state index contributed by atoms with van der Waals surface area (Å²) in [5.74, 6) is 0. The molecule has 0 unspecified atom stereocenters. The van der Waals surface area contributed by atoms with Crippen molar-refractivity contribution in [2.24, 2.45) is 0 Å². The van der Waals surface area contributed by atoms with Crippen molar-refractivity contribution in [3.63, 3.8) is 0 Å². The van der Waals surface area contributed by atoms with Crippen LogP contribution in [0.15, 0.2) is 40.0 Å². The van der Waals surface area contributed by atoms with Gasteiger partial charge in [0.15, 0.2) is 0 Å². The van der Waals surface area contributed by atoms with E-state index >= 15 is 0 Å². The first kappa shape index (κ1) is 15.1. The number of hydrogen-bond donors (Lipinski definition) is 2. The smallest absolute Gasteiger partial charge is 0.262 e. The van der Waals surface area contributed by atoms with E-state index in [2.05, 4.69) is 25.6 Å². The molecule has 0 aliphatic carbocycles. The Bertz CT molecular complexity index is 765. The Kier molecular flexibility index (Phi) is 4.22. The van der Waals surface area contributed by atoms with Crippen LogP contribution in [0, 0.1) is 6.92 Å². The number of aryl methyl sites for hydroxylation is 1. The molecule has 0 aliphatic rings. The lowest BCUT2D eigenvalue weighted by atomic mass is 10.2. The molecule has 8 heteroatoms. The second kappa shape index (κ2) is 5.59. The van der Waals surface area contributed by atoms with Crippen LogP contribution in [0.3, 0.4) is 0 Å². The molecule has 3 N–H and O–H groups in total. The molecule has 0 amide bonds. The van der Waals surface area contributed by atoms with Crippen LogP contribution in [0.25, 0.3) is 0 Å². The van der Waals surface area contributed by atoms with Gasteiger partial charge in [-0.15, -0.1) is 0 Å². The molecule has 2 aromatic rings. The van der Waals surface area contributed by atoms with Crippen LogP contribution in [0.5, 0.6) is 0 Å². The predicted molar refractivity (Wildman–Crippen MR) is 83.3 cm³/mol. The lowest BCUT2D eigenvalue weighted by Gasteiger charge is -2.12. The minimum Gasteiger partial charge on any atom is -0.397 e. The number of halogens is 2. The molecule has 5 nitrogen and oxygen atoms in total. The summed E-state index contributed by atoms with van der Waals surface area (Å²) in [4.78, 5) is 3.96. The Balaban J connectivity index is 2.47. The zero-order valence-corrected chi connectivity index (χ0v) is 13.6. The van der Waals surface area contributed by atoms with Gasteiger partial charge < -0.3 is 5.73 Å². The quantitative estimate of drug-likeness (QED) is 0.806. The fourth-order valence-corrected chi connectivity index (χ4v) is 3.66. The molecule has 0 saturated heterocycles. The number of benzene rings is 1. The third-order valence-electron chi connectivity index (χ3n) is 2.60. The predicted octanol–water partition coefficient (Wildman–Crippen LogP) is 3.19. The van der Waals surface area contributed by atoms with Crippen molar-refractivity contribution in [3.05, 3.63) is 45.7 Å². The first-order valence-corrected chi connectivity index (χ1v) is 8.14. The van der Waals surface area contributed by atoms with E-state index in [0.717, 1.165) is 0 Å². The van der Waals surface area contributed by atoms with Gasteiger partial charge >= 0.3 is 0 Å². The maximum absolute atomic E-state index is 12.4. The van der Waals surface area contributed by atoms with Gasteiger partial charge in [-0.05, 0) is 46.6 Å².